The highest BCUT2D eigenvalue weighted by Gasteiger charge is 2.19. The number of H-pyrrole nitrogens is 1. The normalized spacial score (nSPS) is 12.0. The minimum Gasteiger partial charge on any atom is -0.360 e. The maximum atomic E-state index is 12.6. The first-order chi connectivity index (χ1) is 12.2. The van der Waals surface area contributed by atoms with Gasteiger partial charge < -0.3 is 15.0 Å². The first-order valence-electron chi connectivity index (χ1n) is 7.84. The van der Waals surface area contributed by atoms with Gasteiger partial charge in [0.1, 0.15) is 12.2 Å². The molecule has 1 atom stereocenters. The van der Waals surface area contributed by atoms with Crippen LogP contribution in [-0.4, -0.2) is 24.2 Å². The summed E-state index contributed by atoms with van der Waals surface area (Å²) in [5, 5.41) is 3.07. The van der Waals surface area contributed by atoms with Crippen molar-refractivity contribution in [3.8, 4) is 0 Å². The Kier molecular flexibility index (Phi) is 5.20. The van der Waals surface area contributed by atoms with Crippen LogP contribution in [0.25, 0.3) is 10.9 Å². The van der Waals surface area contributed by atoms with Crippen molar-refractivity contribution in [2.75, 3.05) is 13.3 Å². The van der Waals surface area contributed by atoms with Crippen molar-refractivity contribution >= 4 is 16.8 Å². The Bertz CT molecular complexity index is 925. The molecule has 0 aliphatic carbocycles. The highest BCUT2D eigenvalue weighted by Crippen LogP contribution is 2.15. The molecule has 0 fully saturated rings. The van der Waals surface area contributed by atoms with E-state index in [1.165, 1.54) is 6.20 Å². The van der Waals surface area contributed by atoms with E-state index < -0.39 is 18.8 Å². The third-order valence-electron chi connectivity index (χ3n) is 3.76. The lowest BCUT2D eigenvalue weighted by Crippen LogP contribution is -2.34. The number of hydrogen-bond donors (Lipinski definition) is 2. The van der Waals surface area contributed by atoms with Crippen LogP contribution < -0.4 is 10.7 Å². The van der Waals surface area contributed by atoms with E-state index in [1.807, 2.05) is 6.07 Å². The maximum absolute atomic E-state index is 12.6. The monoisotopic (exact) mass is 340 g/mol. The van der Waals surface area contributed by atoms with E-state index in [-0.39, 0.29) is 17.6 Å². The summed E-state index contributed by atoms with van der Waals surface area (Å²) < 4.78 is 17.9. The van der Waals surface area contributed by atoms with Gasteiger partial charge in [0.25, 0.3) is 5.91 Å². The lowest BCUT2D eigenvalue weighted by atomic mass is 10.1. The quantitative estimate of drug-likeness (QED) is 0.678. The van der Waals surface area contributed by atoms with Gasteiger partial charge in [0.15, 0.2) is 6.23 Å². The number of alkyl halides is 1. The lowest BCUT2D eigenvalue weighted by Gasteiger charge is -2.19. The average molecular weight is 340 g/mol. The van der Waals surface area contributed by atoms with Crippen LogP contribution in [0.2, 0.25) is 0 Å². The average Bonchev–Trinajstić information content (AvgIpc) is 2.66. The number of amides is 1. The highest BCUT2D eigenvalue weighted by molar-refractivity contribution is 5.97. The number of aromatic nitrogens is 1. The van der Waals surface area contributed by atoms with E-state index in [1.54, 1.807) is 48.5 Å². The number of hydrogen-bond acceptors (Lipinski definition) is 3. The van der Waals surface area contributed by atoms with Gasteiger partial charge in [0.05, 0.1) is 6.61 Å². The van der Waals surface area contributed by atoms with Crippen LogP contribution in [0.5, 0.6) is 0 Å². The summed E-state index contributed by atoms with van der Waals surface area (Å²) in [5.41, 5.74) is 0.923. The number of pyridine rings is 1. The van der Waals surface area contributed by atoms with Crippen molar-refractivity contribution in [3.63, 3.8) is 0 Å². The summed E-state index contributed by atoms with van der Waals surface area (Å²) in [4.78, 5) is 28.0. The van der Waals surface area contributed by atoms with Crippen molar-refractivity contribution in [3.05, 3.63) is 82.1 Å². The molecule has 0 spiro atoms. The molecule has 1 aromatic heterocycles. The third kappa shape index (κ3) is 3.75. The number of rotatable bonds is 6. The fourth-order valence-corrected chi connectivity index (χ4v) is 2.54. The second kappa shape index (κ2) is 7.72. The van der Waals surface area contributed by atoms with Gasteiger partial charge in [-0.15, -0.1) is 0 Å². The molecule has 1 unspecified atom stereocenters. The van der Waals surface area contributed by atoms with Crippen LogP contribution in [0.1, 0.15) is 22.1 Å². The molecule has 5 nitrogen and oxygen atoms in total. The number of fused-ring (bicyclic) bond motifs is 1. The van der Waals surface area contributed by atoms with Crippen LogP contribution in [0.4, 0.5) is 4.39 Å². The second-order valence-electron chi connectivity index (χ2n) is 5.40. The van der Waals surface area contributed by atoms with Gasteiger partial charge >= 0.3 is 0 Å². The van der Waals surface area contributed by atoms with Crippen LogP contribution >= 0.6 is 0 Å². The van der Waals surface area contributed by atoms with E-state index in [0.29, 0.717) is 16.5 Å². The van der Waals surface area contributed by atoms with Crippen LogP contribution in [0.3, 0.4) is 0 Å². The second-order valence-corrected chi connectivity index (χ2v) is 5.40. The van der Waals surface area contributed by atoms with E-state index in [0.717, 1.165) is 0 Å². The summed E-state index contributed by atoms with van der Waals surface area (Å²) in [5.74, 6) is -0.584. The zero-order valence-electron chi connectivity index (χ0n) is 13.4. The van der Waals surface area contributed by atoms with Gasteiger partial charge in [-0.25, -0.2) is 4.39 Å². The zero-order chi connectivity index (χ0) is 17.6. The minimum absolute atomic E-state index is 0.0246. The Balaban J connectivity index is 1.89. The number of halogens is 1. The zero-order valence-corrected chi connectivity index (χ0v) is 13.4. The molecule has 0 aliphatic heterocycles. The number of carbonyl (C=O) groups excluding carboxylic acids is 1. The summed E-state index contributed by atoms with van der Waals surface area (Å²) in [7, 11) is 0. The predicted molar refractivity (Wildman–Crippen MR) is 93.1 cm³/mol. The van der Waals surface area contributed by atoms with Crippen molar-refractivity contribution in [2.45, 2.75) is 6.23 Å². The highest BCUT2D eigenvalue weighted by atomic mass is 19.1. The van der Waals surface area contributed by atoms with Crippen LogP contribution in [0.15, 0.2) is 65.6 Å². The Labute approximate surface area is 143 Å². The number of benzene rings is 2. The molecule has 0 bridgehead atoms. The van der Waals surface area contributed by atoms with Crippen molar-refractivity contribution in [1.29, 1.82) is 0 Å². The number of para-hydroxylation sites is 1. The molecular weight excluding hydrogens is 323 g/mol. The number of carbonyl (C=O) groups is 1. The summed E-state index contributed by atoms with van der Waals surface area (Å²) >= 11 is 0. The summed E-state index contributed by atoms with van der Waals surface area (Å²) in [6.07, 6.45) is 0.535. The Morgan fingerprint density at radius 2 is 1.84 bits per heavy atom. The van der Waals surface area contributed by atoms with Gasteiger partial charge in [-0.1, -0.05) is 42.5 Å². The Morgan fingerprint density at radius 3 is 2.60 bits per heavy atom. The molecule has 2 N–H and O–H groups in total. The number of ether oxygens (including phenoxy) is 1. The molecule has 3 rings (SSSR count). The molecule has 25 heavy (non-hydrogen) atoms. The van der Waals surface area contributed by atoms with E-state index in [9.17, 15) is 14.0 Å². The van der Waals surface area contributed by atoms with Gasteiger partial charge in [0.2, 0.25) is 5.43 Å². The fraction of sp³-hybridized carbons (Fsp3) is 0.158. The third-order valence-corrected chi connectivity index (χ3v) is 3.76. The lowest BCUT2D eigenvalue weighted by molar-refractivity contribution is 0.0203. The molecular formula is C19H17FN2O3. The van der Waals surface area contributed by atoms with Gasteiger partial charge in [-0.3, -0.25) is 9.59 Å². The van der Waals surface area contributed by atoms with E-state index in [4.69, 9.17) is 4.74 Å². The van der Waals surface area contributed by atoms with Crippen molar-refractivity contribution in [1.82, 2.24) is 10.3 Å². The van der Waals surface area contributed by atoms with Crippen LogP contribution in [-0.2, 0) is 4.74 Å². The molecule has 1 heterocycles. The Morgan fingerprint density at radius 1 is 1.12 bits per heavy atom. The molecule has 128 valence electrons. The van der Waals surface area contributed by atoms with Gasteiger partial charge in [-0.2, -0.15) is 0 Å². The fourth-order valence-electron chi connectivity index (χ4n) is 2.54. The molecule has 0 aliphatic rings. The first-order valence-corrected chi connectivity index (χ1v) is 7.84. The molecule has 2 aromatic carbocycles. The van der Waals surface area contributed by atoms with E-state index in [2.05, 4.69) is 10.3 Å². The topological polar surface area (TPSA) is 71.2 Å². The SMILES string of the molecule is O=C(NC(OCCF)c1ccccc1)c1c[nH]c2ccccc2c1=O. The predicted octanol–water partition coefficient (Wildman–Crippen LogP) is 2.94. The minimum atomic E-state index is -0.838. The van der Waals surface area contributed by atoms with Gasteiger partial charge in [0, 0.05) is 22.7 Å². The molecule has 0 radical (unpaired) electrons. The van der Waals surface area contributed by atoms with E-state index >= 15 is 0 Å². The number of aromatic amines is 1. The summed E-state index contributed by atoms with van der Waals surface area (Å²) in [6, 6.07) is 15.9. The molecule has 1 amide bonds. The molecule has 6 heteroatoms. The molecule has 0 saturated carbocycles. The molecule has 0 saturated heterocycles. The van der Waals surface area contributed by atoms with Crippen molar-refractivity contribution in [2.24, 2.45) is 0 Å². The first kappa shape index (κ1) is 16.9. The van der Waals surface area contributed by atoms with Gasteiger partial charge in [-0.05, 0) is 12.1 Å². The summed E-state index contributed by atoms with van der Waals surface area (Å²) in [6.45, 7) is -0.830. The largest absolute Gasteiger partial charge is 0.360 e. The maximum Gasteiger partial charge on any atom is 0.259 e. The molecule has 3 aromatic rings. The number of nitrogens with one attached hydrogen (secondary N) is 2. The van der Waals surface area contributed by atoms with Crippen LogP contribution in [0, 0.1) is 0 Å². The Hall–Kier alpha value is -2.99. The van der Waals surface area contributed by atoms with Crippen molar-refractivity contribution < 1.29 is 13.9 Å². The standard InChI is InChI=1S/C19H17FN2O3/c20-10-11-25-19(13-6-2-1-3-7-13)22-18(24)15-12-21-16-9-5-4-8-14(16)17(15)23/h1-9,12,19H,10-11H2,(H,21,23)(H,22,24). The smallest absolute Gasteiger partial charge is 0.259 e.